The predicted molar refractivity (Wildman–Crippen MR) is 82.4 cm³/mol. The molecule has 4 N–H and O–H groups in total. The average molecular weight is 286 g/mol. The molecule has 110 valence electrons. The second kappa shape index (κ2) is 6.60. The number of hydrogen-bond acceptors (Lipinski definition) is 5. The van der Waals surface area contributed by atoms with Gasteiger partial charge in [-0.05, 0) is 29.8 Å². The Bertz CT molecular complexity index is 643. The molecule has 0 radical (unpaired) electrons. The quantitative estimate of drug-likeness (QED) is 0.727. The normalized spacial score (nSPS) is 10.0. The Kier molecular flexibility index (Phi) is 4.61. The lowest BCUT2D eigenvalue weighted by molar-refractivity contribution is 0.0958. The number of methoxy groups -OCH3 is 1. The molecule has 0 aliphatic rings. The van der Waals surface area contributed by atoms with E-state index in [-0.39, 0.29) is 5.91 Å². The zero-order valence-corrected chi connectivity index (χ0v) is 12.0. The first kappa shape index (κ1) is 14.6. The number of ether oxygens (including phenoxy) is 1. The van der Waals surface area contributed by atoms with Crippen LogP contribution in [0, 0.1) is 0 Å². The highest BCUT2D eigenvalue weighted by atomic mass is 16.5. The molecular formula is C15H18N4O2. The molecule has 21 heavy (non-hydrogen) atoms. The molecular weight excluding hydrogens is 268 g/mol. The summed E-state index contributed by atoms with van der Waals surface area (Å²) in [5.41, 5.74) is 8.67. The van der Waals surface area contributed by atoms with Gasteiger partial charge in [-0.1, -0.05) is 6.07 Å². The first-order valence-electron chi connectivity index (χ1n) is 6.48. The van der Waals surface area contributed by atoms with Gasteiger partial charge >= 0.3 is 0 Å². The van der Waals surface area contributed by atoms with Crippen LogP contribution in [-0.2, 0) is 6.54 Å². The molecule has 1 heterocycles. The van der Waals surface area contributed by atoms with Crippen LogP contribution >= 0.6 is 0 Å². The van der Waals surface area contributed by atoms with Crippen molar-refractivity contribution in [3.63, 3.8) is 0 Å². The molecule has 0 bridgehead atoms. The summed E-state index contributed by atoms with van der Waals surface area (Å²) in [6.07, 6.45) is 1.59. The summed E-state index contributed by atoms with van der Waals surface area (Å²) < 4.78 is 5.12. The highest BCUT2D eigenvalue weighted by Crippen LogP contribution is 2.22. The van der Waals surface area contributed by atoms with Gasteiger partial charge in [0.1, 0.15) is 11.4 Å². The van der Waals surface area contributed by atoms with Crippen LogP contribution < -0.4 is 21.1 Å². The molecule has 0 aliphatic heterocycles. The third kappa shape index (κ3) is 3.62. The van der Waals surface area contributed by atoms with Crippen LogP contribution in [0.3, 0.4) is 0 Å². The Morgan fingerprint density at radius 1 is 1.33 bits per heavy atom. The fourth-order valence-electron chi connectivity index (χ4n) is 1.89. The molecule has 2 aromatic rings. The highest BCUT2D eigenvalue weighted by Gasteiger charge is 2.05. The van der Waals surface area contributed by atoms with Crippen molar-refractivity contribution < 1.29 is 9.53 Å². The largest absolute Gasteiger partial charge is 0.495 e. The summed E-state index contributed by atoms with van der Waals surface area (Å²) in [5.74, 6) is 0.442. The van der Waals surface area contributed by atoms with Gasteiger partial charge in [-0.15, -0.1) is 0 Å². The third-order valence-corrected chi connectivity index (χ3v) is 3.01. The van der Waals surface area contributed by atoms with Gasteiger partial charge in [0.2, 0.25) is 0 Å². The molecule has 1 aromatic heterocycles. The SMILES string of the molecule is CNC(=O)c1cc(NCc2ccc(OC)c(N)c2)ccn1. The minimum atomic E-state index is -0.215. The summed E-state index contributed by atoms with van der Waals surface area (Å²) in [4.78, 5) is 15.5. The molecule has 0 spiro atoms. The zero-order chi connectivity index (χ0) is 15.2. The fourth-order valence-corrected chi connectivity index (χ4v) is 1.89. The van der Waals surface area contributed by atoms with E-state index in [4.69, 9.17) is 10.5 Å². The number of hydrogen-bond donors (Lipinski definition) is 3. The molecule has 0 fully saturated rings. The van der Waals surface area contributed by atoms with E-state index in [0.717, 1.165) is 11.3 Å². The van der Waals surface area contributed by atoms with Crippen LogP contribution in [0.15, 0.2) is 36.5 Å². The number of aromatic nitrogens is 1. The number of rotatable bonds is 5. The van der Waals surface area contributed by atoms with E-state index in [1.54, 1.807) is 32.5 Å². The monoisotopic (exact) mass is 286 g/mol. The van der Waals surface area contributed by atoms with Gasteiger partial charge in [0.25, 0.3) is 5.91 Å². The maximum absolute atomic E-state index is 11.5. The van der Waals surface area contributed by atoms with Crippen LogP contribution in [0.1, 0.15) is 16.1 Å². The van der Waals surface area contributed by atoms with Gasteiger partial charge in [0, 0.05) is 25.5 Å². The van der Waals surface area contributed by atoms with Gasteiger partial charge in [0.05, 0.1) is 12.8 Å². The molecule has 1 aromatic carbocycles. The molecule has 6 heteroatoms. The third-order valence-electron chi connectivity index (χ3n) is 3.01. The van der Waals surface area contributed by atoms with E-state index in [1.165, 1.54) is 0 Å². The van der Waals surface area contributed by atoms with Crippen molar-refractivity contribution in [2.45, 2.75) is 6.54 Å². The van der Waals surface area contributed by atoms with E-state index in [9.17, 15) is 4.79 Å². The van der Waals surface area contributed by atoms with Crippen molar-refractivity contribution in [3.05, 3.63) is 47.8 Å². The topological polar surface area (TPSA) is 89.3 Å². The van der Waals surface area contributed by atoms with Crippen molar-refractivity contribution in [3.8, 4) is 5.75 Å². The summed E-state index contributed by atoms with van der Waals surface area (Å²) in [6, 6.07) is 9.12. The molecule has 0 unspecified atom stereocenters. The molecule has 6 nitrogen and oxygen atoms in total. The second-order valence-corrected chi connectivity index (χ2v) is 4.44. The summed E-state index contributed by atoms with van der Waals surface area (Å²) in [7, 11) is 3.16. The smallest absolute Gasteiger partial charge is 0.269 e. The Labute approximate surface area is 123 Å². The average Bonchev–Trinajstić information content (AvgIpc) is 2.52. The number of nitrogen functional groups attached to an aromatic ring is 1. The van der Waals surface area contributed by atoms with Crippen LogP contribution in [0.4, 0.5) is 11.4 Å². The van der Waals surface area contributed by atoms with Gasteiger partial charge in [-0.3, -0.25) is 9.78 Å². The summed E-state index contributed by atoms with van der Waals surface area (Å²) >= 11 is 0. The lowest BCUT2D eigenvalue weighted by atomic mass is 10.2. The first-order valence-corrected chi connectivity index (χ1v) is 6.48. The Morgan fingerprint density at radius 3 is 2.81 bits per heavy atom. The summed E-state index contributed by atoms with van der Waals surface area (Å²) in [6.45, 7) is 0.589. The number of carbonyl (C=O) groups is 1. The van der Waals surface area contributed by atoms with Gasteiger partial charge < -0.3 is 21.1 Å². The van der Waals surface area contributed by atoms with Crippen molar-refractivity contribution >= 4 is 17.3 Å². The number of amides is 1. The Hall–Kier alpha value is -2.76. The fraction of sp³-hybridized carbons (Fsp3) is 0.200. The van der Waals surface area contributed by atoms with Crippen molar-refractivity contribution in [1.29, 1.82) is 0 Å². The Morgan fingerprint density at radius 2 is 2.14 bits per heavy atom. The number of pyridine rings is 1. The lowest BCUT2D eigenvalue weighted by Gasteiger charge is -2.10. The second-order valence-electron chi connectivity index (χ2n) is 4.44. The maximum atomic E-state index is 11.5. The van der Waals surface area contributed by atoms with Crippen molar-refractivity contribution in [2.75, 3.05) is 25.2 Å². The van der Waals surface area contributed by atoms with Gasteiger partial charge in [0.15, 0.2) is 0 Å². The van der Waals surface area contributed by atoms with Crippen LogP contribution in [-0.4, -0.2) is 25.0 Å². The minimum Gasteiger partial charge on any atom is -0.495 e. The van der Waals surface area contributed by atoms with Crippen molar-refractivity contribution in [1.82, 2.24) is 10.3 Å². The molecule has 0 aliphatic carbocycles. The number of carbonyl (C=O) groups excluding carboxylic acids is 1. The Balaban J connectivity index is 2.06. The number of nitrogens with two attached hydrogens (primary N) is 1. The standard InChI is InChI=1S/C15H18N4O2/c1-17-15(20)13-8-11(5-6-18-13)19-9-10-3-4-14(21-2)12(16)7-10/h3-8H,9,16H2,1-2H3,(H,17,20)(H,18,19). The van der Waals surface area contributed by atoms with Gasteiger partial charge in [-0.2, -0.15) is 0 Å². The summed E-state index contributed by atoms with van der Waals surface area (Å²) in [5, 5.41) is 5.77. The zero-order valence-electron chi connectivity index (χ0n) is 12.0. The van der Waals surface area contributed by atoms with Crippen LogP contribution in [0.2, 0.25) is 0 Å². The van der Waals surface area contributed by atoms with E-state index in [1.807, 2.05) is 18.2 Å². The molecule has 0 saturated heterocycles. The van der Waals surface area contributed by atoms with E-state index >= 15 is 0 Å². The van der Waals surface area contributed by atoms with Crippen LogP contribution in [0.25, 0.3) is 0 Å². The first-order chi connectivity index (χ1) is 10.1. The minimum absolute atomic E-state index is 0.215. The maximum Gasteiger partial charge on any atom is 0.269 e. The lowest BCUT2D eigenvalue weighted by Crippen LogP contribution is -2.19. The number of nitrogens with one attached hydrogen (secondary N) is 2. The van der Waals surface area contributed by atoms with E-state index in [2.05, 4.69) is 15.6 Å². The van der Waals surface area contributed by atoms with Gasteiger partial charge in [-0.25, -0.2) is 0 Å². The number of benzene rings is 1. The van der Waals surface area contributed by atoms with Crippen molar-refractivity contribution in [2.24, 2.45) is 0 Å². The molecule has 0 saturated carbocycles. The van der Waals surface area contributed by atoms with Crippen LogP contribution in [0.5, 0.6) is 5.75 Å². The number of nitrogens with zero attached hydrogens (tertiary/aromatic N) is 1. The molecule has 0 atom stereocenters. The molecule has 2 rings (SSSR count). The number of anilines is 2. The van der Waals surface area contributed by atoms with E-state index in [0.29, 0.717) is 23.7 Å². The van der Waals surface area contributed by atoms with E-state index < -0.39 is 0 Å². The highest BCUT2D eigenvalue weighted by molar-refractivity contribution is 5.92. The molecule has 1 amide bonds. The predicted octanol–water partition coefficient (Wildman–Crippen LogP) is 1.64.